The van der Waals surface area contributed by atoms with Gasteiger partial charge in [-0.2, -0.15) is 11.3 Å². The van der Waals surface area contributed by atoms with Gasteiger partial charge < -0.3 is 10.2 Å². The maximum atomic E-state index is 12.7. The summed E-state index contributed by atoms with van der Waals surface area (Å²) in [6.07, 6.45) is 3.82. The second-order valence-electron chi connectivity index (χ2n) is 6.85. The first kappa shape index (κ1) is 17.7. The highest BCUT2D eigenvalue weighted by atomic mass is 32.1. The molecule has 1 saturated heterocycles. The van der Waals surface area contributed by atoms with Gasteiger partial charge in [-0.05, 0) is 48.9 Å². The predicted octanol–water partition coefficient (Wildman–Crippen LogP) is 4.61. The van der Waals surface area contributed by atoms with Crippen LogP contribution in [0.3, 0.4) is 0 Å². The molecule has 0 spiro atoms. The minimum Gasteiger partial charge on any atom is -0.338 e. The van der Waals surface area contributed by atoms with Gasteiger partial charge in [0.1, 0.15) is 0 Å². The van der Waals surface area contributed by atoms with Crippen molar-refractivity contribution in [3.63, 3.8) is 0 Å². The lowest BCUT2D eigenvalue weighted by Crippen LogP contribution is -2.39. The number of anilines is 2. The zero-order chi connectivity index (χ0) is 18.6. The van der Waals surface area contributed by atoms with E-state index < -0.39 is 0 Å². The lowest BCUT2D eigenvalue weighted by atomic mass is 9.94. The molecule has 1 aromatic carbocycles. The van der Waals surface area contributed by atoms with Crippen molar-refractivity contribution < 1.29 is 4.79 Å². The fraction of sp³-hybridized carbons (Fsp3) is 0.286. The summed E-state index contributed by atoms with van der Waals surface area (Å²) in [6, 6.07) is 11.9. The van der Waals surface area contributed by atoms with Gasteiger partial charge in [0.25, 0.3) is 5.91 Å². The van der Waals surface area contributed by atoms with Crippen molar-refractivity contribution in [2.24, 2.45) is 0 Å². The van der Waals surface area contributed by atoms with E-state index in [-0.39, 0.29) is 11.8 Å². The fourth-order valence-electron chi connectivity index (χ4n) is 3.47. The van der Waals surface area contributed by atoms with Crippen molar-refractivity contribution in [1.29, 1.82) is 0 Å². The van der Waals surface area contributed by atoms with Crippen LogP contribution in [-0.2, 0) is 0 Å². The van der Waals surface area contributed by atoms with Crippen LogP contribution < -0.4 is 5.32 Å². The summed E-state index contributed by atoms with van der Waals surface area (Å²) in [7, 11) is 0. The van der Waals surface area contributed by atoms with Crippen LogP contribution in [0.5, 0.6) is 0 Å². The van der Waals surface area contributed by atoms with E-state index in [9.17, 15) is 4.79 Å². The molecule has 1 N–H and O–H groups in total. The molecule has 0 aliphatic carbocycles. The van der Waals surface area contributed by atoms with Crippen molar-refractivity contribution in [2.75, 3.05) is 18.4 Å². The summed E-state index contributed by atoms with van der Waals surface area (Å²) in [5.41, 5.74) is 3.93. The highest BCUT2D eigenvalue weighted by Crippen LogP contribution is 2.28. The maximum Gasteiger partial charge on any atom is 0.254 e. The minimum atomic E-state index is 0.119. The first-order chi connectivity index (χ1) is 13.2. The van der Waals surface area contributed by atoms with Gasteiger partial charge >= 0.3 is 0 Å². The number of amides is 1. The van der Waals surface area contributed by atoms with Crippen molar-refractivity contribution in [1.82, 2.24) is 14.9 Å². The number of aromatic nitrogens is 2. The molecule has 138 valence electrons. The molecule has 6 heteroatoms. The molecule has 1 fully saturated rings. The van der Waals surface area contributed by atoms with E-state index in [1.807, 2.05) is 46.0 Å². The lowest BCUT2D eigenvalue weighted by Gasteiger charge is -2.32. The lowest BCUT2D eigenvalue weighted by molar-refractivity contribution is 0.0706. The van der Waals surface area contributed by atoms with Gasteiger partial charge in [-0.3, -0.25) is 4.79 Å². The highest BCUT2D eigenvalue weighted by Gasteiger charge is 2.26. The van der Waals surface area contributed by atoms with Crippen LogP contribution in [0, 0.1) is 6.92 Å². The minimum absolute atomic E-state index is 0.119. The standard InChI is InChI=1S/C21H22N4OS/c1-15-5-2-3-7-18(15)23-21-22-10-8-19(24-21)16-6-4-11-25(13-16)20(26)17-9-12-27-14-17/h2-3,5,7-10,12,14,16H,4,6,11,13H2,1H3,(H,22,23,24)/t16-/m1/s1. The van der Waals surface area contributed by atoms with Gasteiger partial charge in [0, 0.05) is 36.3 Å². The molecule has 1 amide bonds. The van der Waals surface area contributed by atoms with Crippen LogP contribution in [0.25, 0.3) is 0 Å². The van der Waals surface area contributed by atoms with Crippen molar-refractivity contribution in [3.8, 4) is 0 Å². The molecule has 0 radical (unpaired) electrons. The second-order valence-corrected chi connectivity index (χ2v) is 7.63. The Morgan fingerprint density at radius 1 is 1.26 bits per heavy atom. The molecular weight excluding hydrogens is 356 g/mol. The van der Waals surface area contributed by atoms with E-state index in [4.69, 9.17) is 4.98 Å². The smallest absolute Gasteiger partial charge is 0.254 e. The van der Waals surface area contributed by atoms with E-state index in [1.165, 1.54) is 0 Å². The zero-order valence-corrected chi connectivity index (χ0v) is 16.1. The number of carbonyl (C=O) groups is 1. The van der Waals surface area contributed by atoms with E-state index in [1.54, 1.807) is 17.5 Å². The Morgan fingerprint density at radius 3 is 2.96 bits per heavy atom. The number of rotatable bonds is 4. The van der Waals surface area contributed by atoms with E-state index >= 15 is 0 Å². The van der Waals surface area contributed by atoms with Crippen LogP contribution in [-0.4, -0.2) is 33.9 Å². The number of nitrogens with zero attached hydrogens (tertiary/aromatic N) is 3. The number of thiophene rings is 1. The van der Waals surface area contributed by atoms with Crippen LogP contribution in [0.15, 0.2) is 53.4 Å². The van der Waals surface area contributed by atoms with Crippen LogP contribution in [0.4, 0.5) is 11.6 Å². The number of hydrogen-bond donors (Lipinski definition) is 1. The number of aryl methyl sites for hydroxylation is 1. The number of para-hydroxylation sites is 1. The van der Waals surface area contributed by atoms with E-state index in [0.717, 1.165) is 41.9 Å². The van der Waals surface area contributed by atoms with Crippen LogP contribution in [0.2, 0.25) is 0 Å². The Bertz CT molecular complexity index is 925. The number of benzene rings is 1. The van der Waals surface area contributed by atoms with Crippen molar-refractivity contribution >= 4 is 28.9 Å². The topological polar surface area (TPSA) is 58.1 Å². The molecule has 2 aromatic heterocycles. The van der Waals surface area contributed by atoms with E-state index in [0.29, 0.717) is 12.5 Å². The number of hydrogen-bond acceptors (Lipinski definition) is 5. The first-order valence-corrected chi connectivity index (χ1v) is 10.1. The summed E-state index contributed by atoms with van der Waals surface area (Å²) in [4.78, 5) is 23.7. The monoisotopic (exact) mass is 378 g/mol. The molecule has 3 heterocycles. The highest BCUT2D eigenvalue weighted by molar-refractivity contribution is 7.08. The number of piperidine rings is 1. The molecule has 0 unspecified atom stereocenters. The molecule has 3 aromatic rings. The normalized spacial score (nSPS) is 16.9. The summed E-state index contributed by atoms with van der Waals surface area (Å²) in [6.45, 7) is 3.57. The average molecular weight is 379 g/mol. The third-order valence-electron chi connectivity index (χ3n) is 4.96. The Labute approximate surface area is 163 Å². The third-order valence-corrected chi connectivity index (χ3v) is 5.65. The molecule has 5 nitrogen and oxygen atoms in total. The molecule has 1 aliphatic heterocycles. The summed E-state index contributed by atoms with van der Waals surface area (Å²) in [5.74, 6) is 0.957. The summed E-state index contributed by atoms with van der Waals surface area (Å²) in [5, 5.41) is 7.17. The van der Waals surface area contributed by atoms with Gasteiger partial charge in [0.2, 0.25) is 5.95 Å². The Balaban J connectivity index is 1.50. The molecule has 1 atom stereocenters. The molecule has 0 saturated carbocycles. The zero-order valence-electron chi connectivity index (χ0n) is 15.3. The van der Waals surface area contributed by atoms with Gasteiger partial charge in [-0.25, -0.2) is 9.97 Å². The Kier molecular flexibility index (Phi) is 5.16. The summed E-state index contributed by atoms with van der Waals surface area (Å²) < 4.78 is 0. The Morgan fingerprint density at radius 2 is 2.15 bits per heavy atom. The second kappa shape index (κ2) is 7.88. The van der Waals surface area contributed by atoms with Gasteiger partial charge in [0.15, 0.2) is 0 Å². The Hall–Kier alpha value is -2.73. The third kappa shape index (κ3) is 4.01. The van der Waals surface area contributed by atoms with Crippen molar-refractivity contribution in [2.45, 2.75) is 25.7 Å². The van der Waals surface area contributed by atoms with E-state index in [2.05, 4.69) is 23.3 Å². The maximum absolute atomic E-state index is 12.7. The molecule has 1 aliphatic rings. The molecule has 27 heavy (non-hydrogen) atoms. The van der Waals surface area contributed by atoms with Crippen molar-refractivity contribution in [3.05, 3.63) is 70.2 Å². The predicted molar refractivity (Wildman–Crippen MR) is 109 cm³/mol. The largest absolute Gasteiger partial charge is 0.338 e. The molecule has 0 bridgehead atoms. The molecular formula is C21H22N4OS. The average Bonchev–Trinajstić information content (AvgIpc) is 3.24. The van der Waals surface area contributed by atoms with Gasteiger partial charge in [-0.15, -0.1) is 0 Å². The molecule has 4 rings (SSSR count). The number of carbonyl (C=O) groups excluding carboxylic acids is 1. The van der Waals surface area contributed by atoms with Gasteiger partial charge in [-0.1, -0.05) is 18.2 Å². The quantitative estimate of drug-likeness (QED) is 0.720. The fourth-order valence-corrected chi connectivity index (χ4v) is 4.10. The summed E-state index contributed by atoms with van der Waals surface area (Å²) >= 11 is 1.56. The number of nitrogens with one attached hydrogen (secondary N) is 1. The first-order valence-electron chi connectivity index (χ1n) is 9.18. The SMILES string of the molecule is Cc1ccccc1Nc1nccc([C@@H]2CCCN(C(=O)c3ccsc3)C2)n1. The van der Waals surface area contributed by atoms with Gasteiger partial charge in [0.05, 0.1) is 11.3 Å². The van der Waals surface area contributed by atoms with Crippen LogP contribution >= 0.6 is 11.3 Å². The van der Waals surface area contributed by atoms with Crippen LogP contribution in [0.1, 0.15) is 40.4 Å². The number of likely N-dealkylation sites (tertiary alicyclic amines) is 1.